The standard InChI is InChI=1S/C20H39N/c1-3-5-20(21)7-4-6-17-10-14-19(15-11-17)18-12-8-16(2)9-13-18/h16-20H,3-15,21H2,1-2H3. The Morgan fingerprint density at radius 2 is 1.43 bits per heavy atom. The van der Waals surface area contributed by atoms with E-state index in [-0.39, 0.29) is 0 Å². The van der Waals surface area contributed by atoms with Gasteiger partial charge < -0.3 is 5.73 Å². The third-order valence-corrected chi connectivity index (χ3v) is 6.47. The molecule has 0 aromatic rings. The van der Waals surface area contributed by atoms with Crippen molar-refractivity contribution in [3.8, 4) is 0 Å². The molecule has 1 atom stereocenters. The van der Waals surface area contributed by atoms with Crippen LogP contribution in [0.25, 0.3) is 0 Å². The van der Waals surface area contributed by atoms with E-state index in [1.54, 1.807) is 0 Å². The fourth-order valence-corrected chi connectivity index (χ4v) is 4.89. The Balaban J connectivity index is 1.58. The highest BCUT2D eigenvalue weighted by Crippen LogP contribution is 2.42. The van der Waals surface area contributed by atoms with Gasteiger partial charge in [0, 0.05) is 6.04 Å². The normalized spacial score (nSPS) is 35.6. The van der Waals surface area contributed by atoms with Crippen LogP contribution < -0.4 is 5.73 Å². The van der Waals surface area contributed by atoms with Gasteiger partial charge in [0.2, 0.25) is 0 Å². The van der Waals surface area contributed by atoms with Gasteiger partial charge in [0.15, 0.2) is 0 Å². The van der Waals surface area contributed by atoms with E-state index >= 15 is 0 Å². The lowest BCUT2D eigenvalue weighted by Gasteiger charge is -2.37. The highest BCUT2D eigenvalue weighted by Gasteiger charge is 2.29. The molecule has 0 aliphatic heterocycles. The number of hydrogen-bond donors (Lipinski definition) is 1. The molecular weight excluding hydrogens is 254 g/mol. The van der Waals surface area contributed by atoms with Gasteiger partial charge in [-0.15, -0.1) is 0 Å². The molecule has 0 bridgehead atoms. The first kappa shape index (κ1) is 17.3. The third kappa shape index (κ3) is 5.93. The van der Waals surface area contributed by atoms with Gasteiger partial charge in [0.1, 0.15) is 0 Å². The van der Waals surface area contributed by atoms with Crippen molar-refractivity contribution < 1.29 is 0 Å². The largest absolute Gasteiger partial charge is 0.328 e. The predicted molar refractivity (Wildman–Crippen MR) is 93.3 cm³/mol. The minimum atomic E-state index is 0.468. The molecule has 1 unspecified atom stereocenters. The Kier molecular flexibility index (Phi) is 7.57. The second-order valence-electron chi connectivity index (χ2n) is 8.28. The fourth-order valence-electron chi connectivity index (χ4n) is 4.89. The molecule has 2 aliphatic carbocycles. The van der Waals surface area contributed by atoms with Crippen molar-refractivity contribution in [3.63, 3.8) is 0 Å². The van der Waals surface area contributed by atoms with Crippen molar-refractivity contribution in [2.24, 2.45) is 29.4 Å². The molecule has 0 heterocycles. The number of nitrogens with two attached hydrogens (primary N) is 1. The molecule has 0 aromatic carbocycles. The fraction of sp³-hybridized carbons (Fsp3) is 1.00. The minimum Gasteiger partial charge on any atom is -0.328 e. The Bertz CT molecular complexity index is 259. The van der Waals surface area contributed by atoms with Gasteiger partial charge in [-0.1, -0.05) is 58.8 Å². The maximum absolute atomic E-state index is 6.13. The van der Waals surface area contributed by atoms with Crippen LogP contribution in [0.5, 0.6) is 0 Å². The Morgan fingerprint density at radius 1 is 0.857 bits per heavy atom. The van der Waals surface area contributed by atoms with Crippen LogP contribution in [0.4, 0.5) is 0 Å². The van der Waals surface area contributed by atoms with E-state index < -0.39 is 0 Å². The lowest BCUT2D eigenvalue weighted by atomic mass is 9.69. The molecular formula is C20H39N. The minimum absolute atomic E-state index is 0.468. The molecule has 0 saturated heterocycles. The summed E-state index contributed by atoms with van der Waals surface area (Å²) >= 11 is 0. The topological polar surface area (TPSA) is 26.0 Å². The monoisotopic (exact) mass is 293 g/mol. The van der Waals surface area contributed by atoms with E-state index in [1.165, 1.54) is 83.5 Å². The second kappa shape index (κ2) is 9.18. The zero-order chi connectivity index (χ0) is 15.1. The summed E-state index contributed by atoms with van der Waals surface area (Å²) in [5.74, 6) is 4.19. The molecule has 21 heavy (non-hydrogen) atoms. The summed E-state index contributed by atoms with van der Waals surface area (Å²) in [4.78, 5) is 0. The van der Waals surface area contributed by atoms with E-state index in [4.69, 9.17) is 5.73 Å². The van der Waals surface area contributed by atoms with Crippen molar-refractivity contribution in [3.05, 3.63) is 0 Å². The van der Waals surface area contributed by atoms with E-state index in [9.17, 15) is 0 Å². The maximum Gasteiger partial charge on any atom is 0.00387 e. The molecule has 2 saturated carbocycles. The van der Waals surface area contributed by atoms with Gasteiger partial charge in [-0.2, -0.15) is 0 Å². The van der Waals surface area contributed by atoms with Gasteiger partial charge in [0.05, 0.1) is 0 Å². The van der Waals surface area contributed by atoms with Crippen LogP contribution >= 0.6 is 0 Å². The quantitative estimate of drug-likeness (QED) is 0.619. The van der Waals surface area contributed by atoms with Crippen LogP contribution in [0.2, 0.25) is 0 Å². The van der Waals surface area contributed by atoms with Crippen molar-refractivity contribution in [2.45, 2.75) is 103 Å². The molecule has 2 rings (SSSR count). The van der Waals surface area contributed by atoms with Crippen LogP contribution in [0, 0.1) is 23.7 Å². The second-order valence-corrected chi connectivity index (χ2v) is 8.28. The van der Waals surface area contributed by atoms with E-state index in [0.29, 0.717) is 6.04 Å². The van der Waals surface area contributed by atoms with E-state index in [0.717, 1.165) is 23.7 Å². The molecule has 0 aromatic heterocycles. The highest BCUT2D eigenvalue weighted by atomic mass is 14.6. The van der Waals surface area contributed by atoms with Gasteiger partial charge in [-0.3, -0.25) is 0 Å². The summed E-state index contributed by atoms with van der Waals surface area (Å²) in [5.41, 5.74) is 6.13. The molecule has 124 valence electrons. The van der Waals surface area contributed by atoms with Gasteiger partial charge >= 0.3 is 0 Å². The van der Waals surface area contributed by atoms with E-state index in [1.807, 2.05) is 0 Å². The smallest absolute Gasteiger partial charge is 0.00387 e. The van der Waals surface area contributed by atoms with Crippen molar-refractivity contribution in [1.29, 1.82) is 0 Å². The molecule has 2 fully saturated rings. The Labute approximate surface area is 133 Å². The highest BCUT2D eigenvalue weighted by molar-refractivity contribution is 4.81. The first-order valence-corrected chi connectivity index (χ1v) is 9.94. The molecule has 0 amide bonds. The molecule has 2 N–H and O–H groups in total. The Morgan fingerprint density at radius 3 is 2.00 bits per heavy atom. The summed E-state index contributed by atoms with van der Waals surface area (Å²) in [6, 6.07) is 0.468. The molecule has 0 radical (unpaired) electrons. The molecule has 1 heteroatoms. The SMILES string of the molecule is CCCC(N)CCCC1CCC(C2CCC(C)CC2)CC1. The summed E-state index contributed by atoms with van der Waals surface area (Å²) in [5, 5.41) is 0. The zero-order valence-electron chi connectivity index (χ0n) is 14.7. The average molecular weight is 294 g/mol. The zero-order valence-corrected chi connectivity index (χ0v) is 14.7. The van der Waals surface area contributed by atoms with Crippen molar-refractivity contribution in [2.75, 3.05) is 0 Å². The predicted octanol–water partition coefficient (Wildman–Crippen LogP) is 5.92. The van der Waals surface area contributed by atoms with E-state index in [2.05, 4.69) is 13.8 Å². The average Bonchev–Trinajstić information content (AvgIpc) is 2.49. The van der Waals surface area contributed by atoms with Crippen LogP contribution in [-0.4, -0.2) is 6.04 Å². The van der Waals surface area contributed by atoms with Gasteiger partial charge in [-0.05, 0) is 62.2 Å². The molecule has 1 nitrogen and oxygen atoms in total. The lowest BCUT2D eigenvalue weighted by molar-refractivity contribution is 0.146. The van der Waals surface area contributed by atoms with Crippen LogP contribution in [-0.2, 0) is 0 Å². The van der Waals surface area contributed by atoms with Crippen LogP contribution in [0.1, 0.15) is 97.3 Å². The Hall–Kier alpha value is -0.0400. The van der Waals surface area contributed by atoms with Gasteiger partial charge in [0.25, 0.3) is 0 Å². The first-order valence-electron chi connectivity index (χ1n) is 9.94. The van der Waals surface area contributed by atoms with Gasteiger partial charge in [-0.25, -0.2) is 0 Å². The van der Waals surface area contributed by atoms with Crippen molar-refractivity contribution >= 4 is 0 Å². The summed E-state index contributed by atoms with van der Waals surface area (Å²) in [6.07, 6.45) is 18.7. The number of hydrogen-bond acceptors (Lipinski definition) is 1. The van der Waals surface area contributed by atoms with Crippen LogP contribution in [0.15, 0.2) is 0 Å². The summed E-state index contributed by atoms with van der Waals surface area (Å²) in [6.45, 7) is 4.68. The van der Waals surface area contributed by atoms with Crippen LogP contribution in [0.3, 0.4) is 0 Å². The van der Waals surface area contributed by atoms with Crippen molar-refractivity contribution in [1.82, 2.24) is 0 Å². The summed E-state index contributed by atoms with van der Waals surface area (Å²) < 4.78 is 0. The third-order valence-electron chi connectivity index (χ3n) is 6.47. The molecule has 0 spiro atoms. The maximum atomic E-state index is 6.13. The lowest BCUT2D eigenvalue weighted by Crippen LogP contribution is -2.25. The summed E-state index contributed by atoms with van der Waals surface area (Å²) in [7, 11) is 0. The molecule has 2 aliphatic rings. The first-order chi connectivity index (χ1) is 10.2. The number of rotatable bonds is 7.